The zero-order valence-electron chi connectivity index (χ0n) is 12.3. The van der Waals surface area contributed by atoms with E-state index < -0.39 is 0 Å². The van der Waals surface area contributed by atoms with Gasteiger partial charge in [0.2, 0.25) is 5.95 Å². The molecule has 0 unspecified atom stereocenters. The van der Waals surface area contributed by atoms with E-state index >= 15 is 0 Å². The maximum absolute atomic E-state index is 9.00. The van der Waals surface area contributed by atoms with E-state index in [4.69, 9.17) is 5.26 Å². The van der Waals surface area contributed by atoms with Crippen molar-refractivity contribution in [3.8, 4) is 17.3 Å². The van der Waals surface area contributed by atoms with E-state index in [0.717, 1.165) is 22.5 Å². The largest absolute Gasteiger partial charge is 0.321 e. The van der Waals surface area contributed by atoms with Gasteiger partial charge in [0, 0.05) is 25.0 Å². The number of aryl methyl sites for hydroxylation is 2. The molecule has 0 saturated heterocycles. The van der Waals surface area contributed by atoms with E-state index in [1.807, 2.05) is 38.4 Å². The lowest BCUT2D eigenvalue weighted by molar-refractivity contribution is 0.768. The van der Waals surface area contributed by atoms with Crippen LogP contribution >= 0.6 is 0 Å². The predicted molar refractivity (Wildman–Crippen MR) is 83.4 cm³/mol. The zero-order valence-corrected chi connectivity index (χ0v) is 12.3. The summed E-state index contributed by atoms with van der Waals surface area (Å²) < 4.78 is 1.70. The third-order valence-corrected chi connectivity index (χ3v) is 3.26. The van der Waals surface area contributed by atoms with Crippen LogP contribution in [0, 0.1) is 18.3 Å². The minimum atomic E-state index is 0.507. The van der Waals surface area contributed by atoms with Gasteiger partial charge in [-0.05, 0) is 30.7 Å². The van der Waals surface area contributed by atoms with Crippen molar-refractivity contribution in [1.82, 2.24) is 19.7 Å². The standard InChI is InChI=1S/C16H14N6/c1-11-7-12(3-4-13(11)8-17)15-5-6-18-16(21-15)20-14-9-19-22(2)10-14/h3-7,9-10H,1-2H3,(H,18,20,21). The molecule has 1 N–H and O–H groups in total. The highest BCUT2D eigenvalue weighted by molar-refractivity contribution is 5.64. The first-order valence-corrected chi connectivity index (χ1v) is 6.75. The molecule has 2 heterocycles. The van der Waals surface area contributed by atoms with Crippen molar-refractivity contribution in [2.75, 3.05) is 5.32 Å². The van der Waals surface area contributed by atoms with Gasteiger partial charge >= 0.3 is 0 Å². The van der Waals surface area contributed by atoms with E-state index in [0.29, 0.717) is 11.5 Å². The van der Waals surface area contributed by atoms with Crippen LogP contribution in [0.5, 0.6) is 0 Å². The quantitative estimate of drug-likeness (QED) is 0.802. The number of rotatable bonds is 3. The molecular weight excluding hydrogens is 276 g/mol. The highest BCUT2D eigenvalue weighted by Crippen LogP contribution is 2.21. The van der Waals surface area contributed by atoms with Gasteiger partial charge < -0.3 is 5.32 Å². The summed E-state index contributed by atoms with van der Waals surface area (Å²) in [5.74, 6) is 0.507. The van der Waals surface area contributed by atoms with Crippen LogP contribution in [0.3, 0.4) is 0 Å². The lowest BCUT2D eigenvalue weighted by Gasteiger charge is -2.06. The van der Waals surface area contributed by atoms with Gasteiger partial charge in [0.1, 0.15) is 0 Å². The molecule has 0 atom stereocenters. The van der Waals surface area contributed by atoms with Crippen LogP contribution in [0.25, 0.3) is 11.3 Å². The number of benzene rings is 1. The summed E-state index contributed by atoms with van der Waals surface area (Å²) in [6.45, 7) is 1.91. The number of nitrogens with one attached hydrogen (secondary N) is 1. The Bertz CT molecular complexity index is 859. The van der Waals surface area contributed by atoms with Gasteiger partial charge in [0.25, 0.3) is 0 Å². The maximum Gasteiger partial charge on any atom is 0.227 e. The number of nitriles is 1. The fourth-order valence-electron chi connectivity index (χ4n) is 2.14. The lowest BCUT2D eigenvalue weighted by Crippen LogP contribution is -1.97. The summed E-state index contributed by atoms with van der Waals surface area (Å²) in [5.41, 5.74) is 4.18. The van der Waals surface area contributed by atoms with Crippen molar-refractivity contribution in [2.24, 2.45) is 7.05 Å². The Hall–Kier alpha value is -3.20. The second kappa shape index (κ2) is 5.66. The molecule has 0 aliphatic heterocycles. The Morgan fingerprint density at radius 3 is 2.82 bits per heavy atom. The molecule has 3 aromatic rings. The molecule has 0 fully saturated rings. The Labute approximate surface area is 128 Å². The van der Waals surface area contributed by atoms with Crippen molar-refractivity contribution in [2.45, 2.75) is 6.92 Å². The third-order valence-electron chi connectivity index (χ3n) is 3.26. The molecule has 6 nitrogen and oxygen atoms in total. The fourth-order valence-corrected chi connectivity index (χ4v) is 2.14. The molecule has 0 radical (unpaired) electrons. The Kier molecular flexibility index (Phi) is 3.54. The third kappa shape index (κ3) is 2.79. The topological polar surface area (TPSA) is 79.4 Å². The minimum Gasteiger partial charge on any atom is -0.321 e. The molecule has 0 bridgehead atoms. The summed E-state index contributed by atoms with van der Waals surface area (Å²) in [4.78, 5) is 8.72. The van der Waals surface area contributed by atoms with Crippen LogP contribution in [0.2, 0.25) is 0 Å². The molecule has 6 heteroatoms. The molecule has 108 valence electrons. The summed E-state index contributed by atoms with van der Waals surface area (Å²) in [6.07, 6.45) is 5.26. The fraction of sp³-hybridized carbons (Fsp3) is 0.125. The van der Waals surface area contributed by atoms with Crippen molar-refractivity contribution in [1.29, 1.82) is 5.26 Å². The number of hydrogen-bond donors (Lipinski definition) is 1. The number of nitrogens with zero attached hydrogens (tertiary/aromatic N) is 5. The van der Waals surface area contributed by atoms with E-state index in [1.165, 1.54) is 0 Å². The highest BCUT2D eigenvalue weighted by Gasteiger charge is 2.06. The smallest absolute Gasteiger partial charge is 0.227 e. The van der Waals surface area contributed by atoms with Crippen LogP contribution in [0.4, 0.5) is 11.6 Å². The van der Waals surface area contributed by atoms with E-state index in [1.54, 1.807) is 23.1 Å². The SMILES string of the molecule is Cc1cc(-c2ccnc(Nc3cnn(C)c3)n2)ccc1C#N. The molecule has 0 amide bonds. The monoisotopic (exact) mass is 290 g/mol. The summed E-state index contributed by atoms with van der Waals surface area (Å²) in [6, 6.07) is 9.66. The number of hydrogen-bond acceptors (Lipinski definition) is 5. The molecule has 0 aliphatic rings. The van der Waals surface area contributed by atoms with Gasteiger partial charge in [-0.15, -0.1) is 0 Å². The van der Waals surface area contributed by atoms with E-state index in [9.17, 15) is 0 Å². The average molecular weight is 290 g/mol. The van der Waals surface area contributed by atoms with Crippen molar-refractivity contribution in [3.63, 3.8) is 0 Å². The molecule has 0 saturated carbocycles. The Morgan fingerprint density at radius 1 is 1.27 bits per heavy atom. The van der Waals surface area contributed by atoms with Gasteiger partial charge in [-0.25, -0.2) is 9.97 Å². The van der Waals surface area contributed by atoms with Gasteiger partial charge in [-0.3, -0.25) is 4.68 Å². The average Bonchev–Trinajstić information content (AvgIpc) is 2.92. The minimum absolute atomic E-state index is 0.507. The summed E-state index contributed by atoms with van der Waals surface area (Å²) in [5, 5.41) is 16.2. The molecular formula is C16H14N6. The second-order valence-corrected chi connectivity index (χ2v) is 4.93. The second-order valence-electron chi connectivity index (χ2n) is 4.93. The number of aromatic nitrogens is 4. The van der Waals surface area contributed by atoms with Crippen LogP contribution in [0.1, 0.15) is 11.1 Å². The maximum atomic E-state index is 9.00. The van der Waals surface area contributed by atoms with Gasteiger partial charge in [0.15, 0.2) is 0 Å². The molecule has 2 aromatic heterocycles. The first-order chi connectivity index (χ1) is 10.7. The van der Waals surface area contributed by atoms with Crippen LogP contribution in [0.15, 0.2) is 42.9 Å². The first kappa shape index (κ1) is 13.8. The lowest BCUT2D eigenvalue weighted by atomic mass is 10.0. The highest BCUT2D eigenvalue weighted by atomic mass is 15.3. The predicted octanol–water partition coefficient (Wildman–Crippen LogP) is 2.80. The van der Waals surface area contributed by atoms with Crippen molar-refractivity contribution >= 4 is 11.6 Å². The van der Waals surface area contributed by atoms with Gasteiger partial charge in [-0.1, -0.05) is 6.07 Å². The van der Waals surface area contributed by atoms with Crippen molar-refractivity contribution in [3.05, 3.63) is 54.0 Å². The van der Waals surface area contributed by atoms with Crippen molar-refractivity contribution < 1.29 is 0 Å². The summed E-state index contributed by atoms with van der Waals surface area (Å²) in [7, 11) is 1.85. The van der Waals surface area contributed by atoms with E-state index in [-0.39, 0.29) is 0 Å². The molecule has 1 aromatic carbocycles. The summed E-state index contributed by atoms with van der Waals surface area (Å²) >= 11 is 0. The van der Waals surface area contributed by atoms with E-state index in [2.05, 4.69) is 26.5 Å². The Morgan fingerprint density at radius 2 is 2.14 bits per heavy atom. The zero-order chi connectivity index (χ0) is 15.5. The number of anilines is 2. The first-order valence-electron chi connectivity index (χ1n) is 6.75. The molecule has 0 spiro atoms. The van der Waals surface area contributed by atoms with Crippen LogP contribution in [-0.4, -0.2) is 19.7 Å². The van der Waals surface area contributed by atoms with Crippen LogP contribution in [-0.2, 0) is 7.05 Å². The molecule has 0 aliphatic carbocycles. The normalized spacial score (nSPS) is 10.2. The molecule has 3 rings (SSSR count). The molecule has 22 heavy (non-hydrogen) atoms. The Balaban J connectivity index is 1.91. The van der Waals surface area contributed by atoms with Gasteiger partial charge in [-0.2, -0.15) is 10.4 Å². The van der Waals surface area contributed by atoms with Crippen LogP contribution < -0.4 is 5.32 Å². The van der Waals surface area contributed by atoms with Gasteiger partial charge in [0.05, 0.1) is 29.2 Å².